The Labute approximate surface area is 196 Å². The van der Waals surface area contributed by atoms with Crippen LogP contribution in [-0.2, 0) is 4.79 Å². The third kappa shape index (κ3) is 14.2. The number of carboxylic acid groups (broad SMARTS) is 1. The van der Waals surface area contributed by atoms with Crippen LogP contribution in [0.15, 0.2) is 48.5 Å². The summed E-state index contributed by atoms with van der Waals surface area (Å²) in [7, 11) is 0. The predicted octanol–water partition coefficient (Wildman–Crippen LogP) is 3.19. The Morgan fingerprint density at radius 2 is 1.15 bits per heavy atom. The summed E-state index contributed by atoms with van der Waals surface area (Å²) in [6.07, 6.45) is -1.10. The van der Waals surface area contributed by atoms with Crippen molar-refractivity contribution >= 4 is 5.97 Å². The van der Waals surface area contributed by atoms with Crippen LogP contribution >= 0.6 is 0 Å². The lowest BCUT2D eigenvalue weighted by molar-refractivity contribution is -0.145. The molecule has 186 valence electrons. The minimum atomic E-state index is -0.757. The van der Waals surface area contributed by atoms with E-state index < -0.39 is 23.6 Å². The molecule has 0 saturated heterocycles. The van der Waals surface area contributed by atoms with Gasteiger partial charge in [-0.1, -0.05) is 38.1 Å². The Bertz CT molecular complexity index is 752. The van der Waals surface area contributed by atoms with E-state index in [2.05, 4.69) is 10.6 Å². The van der Waals surface area contributed by atoms with E-state index in [1.165, 1.54) is 0 Å². The number of aliphatic carboxylic acids is 1. The van der Waals surface area contributed by atoms with Gasteiger partial charge in [0.25, 0.3) is 0 Å². The molecule has 0 bridgehead atoms. The van der Waals surface area contributed by atoms with Crippen molar-refractivity contribution in [1.29, 1.82) is 0 Å². The summed E-state index contributed by atoms with van der Waals surface area (Å²) in [5.74, 6) is -0.381. The molecule has 0 aliphatic heterocycles. The highest BCUT2D eigenvalue weighted by Crippen LogP contribution is 2.18. The van der Waals surface area contributed by atoms with Crippen molar-refractivity contribution in [1.82, 2.24) is 10.6 Å². The van der Waals surface area contributed by atoms with E-state index in [-0.39, 0.29) is 11.5 Å². The second-order valence-electron chi connectivity index (χ2n) is 8.39. The monoisotopic (exact) mass is 464 g/mol. The van der Waals surface area contributed by atoms with Crippen LogP contribution in [0, 0.1) is 5.41 Å². The summed E-state index contributed by atoms with van der Waals surface area (Å²) in [5, 5.41) is 51.8. The first-order valence-electron chi connectivity index (χ1n) is 11.0. The molecule has 0 aliphatic carbocycles. The standard InChI is InChI=1S/2C10H15NO2.C5H10O2/c2*1-2-11-7-10(13)8-4-3-5-9(12)6-8;1-5(2,3)4(6)7/h2*3-6,10-13H,2,7H2,1H3;1-3H3,(H,6,7). The lowest BCUT2D eigenvalue weighted by Gasteiger charge is -2.11. The van der Waals surface area contributed by atoms with Crippen molar-refractivity contribution in [3.05, 3.63) is 59.7 Å². The molecule has 0 amide bonds. The van der Waals surface area contributed by atoms with Gasteiger partial charge in [0.15, 0.2) is 0 Å². The number of aliphatic hydroxyl groups is 2. The van der Waals surface area contributed by atoms with Gasteiger partial charge < -0.3 is 36.2 Å². The molecule has 2 aromatic rings. The molecule has 0 saturated carbocycles. The van der Waals surface area contributed by atoms with Crippen LogP contribution in [-0.4, -0.2) is 57.7 Å². The fourth-order valence-electron chi connectivity index (χ4n) is 2.26. The third-order valence-electron chi connectivity index (χ3n) is 4.33. The molecule has 2 atom stereocenters. The smallest absolute Gasteiger partial charge is 0.308 e. The summed E-state index contributed by atoms with van der Waals surface area (Å²) >= 11 is 0. The maximum Gasteiger partial charge on any atom is 0.308 e. The molecular weight excluding hydrogens is 424 g/mol. The summed E-state index contributed by atoms with van der Waals surface area (Å²) in [4.78, 5) is 10.0. The molecule has 7 N–H and O–H groups in total. The first kappa shape index (κ1) is 30.4. The number of benzene rings is 2. The molecule has 33 heavy (non-hydrogen) atoms. The van der Waals surface area contributed by atoms with E-state index >= 15 is 0 Å². The summed E-state index contributed by atoms with van der Waals surface area (Å²) in [6.45, 7) is 11.6. The zero-order valence-corrected chi connectivity index (χ0v) is 20.2. The first-order chi connectivity index (χ1) is 15.4. The molecule has 8 nitrogen and oxygen atoms in total. The third-order valence-corrected chi connectivity index (χ3v) is 4.33. The van der Waals surface area contributed by atoms with E-state index in [4.69, 9.17) is 15.3 Å². The molecule has 0 aliphatic rings. The van der Waals surface area contributed by atoms with Gasteiger partial charge in [0, 0.05) is 13.1 Å². The average molecular weight is 465 g/mol. The molecule has 8 heteroatoms. The van der Waals surface area contributed by atoms with Crippen molar-refractivity contribution in [2.75, 3.05) is 26.2 Å². The largest absolute Gasteiger partial charge is 0.508 e. The number of likely N-dealkylation sites (N-methyl/N-ethyl adjacent to an activating group) is 2. The fourth-order valence-corrected chi connectivity index (χ4v) is 2.26. The van der Waals surface area contributed by atoms with Crippen molar-refractivity contribution in [2.45, 2.75) is 46.8 Å². The van der Waals surface area contributed by atoms with Gasteiger partial charge in [-0.2, -0.15) is 0 Å². The summed E-state index contributed by atoms with van der Waals surface area (Å²) in [5.41, 5.74) is 0.891. The Morgan fingerprint density at radius 3 is 1.39 bits per heavy atom. The number of carboxylic acids is 1. The molecular formula is C25H40N2O6. The number of hydrogen-bond donors (Lipinski definition) is 7. The van der Waals surface area contributed by atoms with Crippen LogP contribution in [0.1, 0.15) is 58.0 Å². The maximum atomic E-state index is 10.0. The van der Waals surface area contributed by atoms with E-state index in [0.717, 1.165) is 24.2 Å². The zero-order valence-electron chi connectivity index (χ0n) is 20.2. The number of aliphatic hydroxyl groups excluding tert-OH is 2. The molecule has 0 heterocycles. The number of rotatable bonds is 8. The van der Waals surface area contributed by atoms with E-state index in [1.54, 1.807) is 69.3 Å². The van der Waals surface area contributed by atoms with Gasteiger partial charge in [-0.15, -0.1) is 0 Å². The minimum absolute atomic E-state index is 0.188. The van der Waals surface area contributed by atoms with Gasteiger partial charge in [-0.3, -0.25) is 4.79 Å². The van der Waals surface area contributed by atoms with Gasteiger partial charge in [-0.25, -0.2) is 0 Å². The number of nitrogens with one attached hydrogen (secondary N) is 2. The van der Waals surface area contributed by atoms with E-state index in [9.17, 15) is 15.0 Å². The quantitative estimate of drug-likeness (QED) is 0.316. The van der Waals surface area contributed by atoms with Gasteiger partial charge >= 0.3 is 5.97 Å². The van der Waals surface area contributed by atoms with Crippen LogP contribution in [0.5, 0.6) is 11.5 Å². The average Bonchev–Trinajstić information content (AvgIpc) is 2.76. The van der Waals surface area contributed by atoms with Crippen molar-refractivity contribution < 1.29 is 30.3 Å². The molecule has 0 radical (unpaired) electrons. The van der Waals surface area contributed by atoms with Crippen LogP contribution < -0.4 is 10.6 Å². The predicted molar refractivity (Wildman–Crippen MR) is 130 cm³/mol. The Hall–Kier alpha value is -2.65. The summed E-state index contributed by atoms with van der Waals surface area (Å²) < 4.78 is 0. The lowest BCUT2D eigenvalue weighted by atomic mass is 9.98. The molecule has 2 aromatic carbocycles. The molecule has 2 unspecified atom stereocenters. The van der Waals surface area contributed by atoms with Gasteiger partial charge in [0.2, 0.25) is 0 Å². The Morgan fingerprint density at radius 1 is 0.818 bits per heavy atom. The summed E-state index contributed by atoms with van der Waals surface area (Å²) in [6, 6.07) is 13.3. The number of phenolic OH excluding ortho intramolecular Hbond substituents is 2. The molecule has 0 fully saturated rings. The molecule has 0 spiro atoms. The fraction of sp³-hybridized carbons (Fsp3) is 0.480. The number of hydrogen-bond acceptors (Lipinski definition) is 7. The topological polar surface area (TPSA) is 142 Å². The number of carbonyl (C=O) groups is 1. The van der Waals surface area contributed by atoms with Gasteiger partial charge in [-0.05, 0) is 69.3 Å². The highest BCUT2D eigenvalue weighted by Gasteiger charge is 2.18. The van der Waals surface area contributed by atoms with Crippen molar-refractivity contribution in [3.63, 3.8) is 0 Å². The van der Waals surface area contributed by atoms with Crippen LogP contribution in [0.4, 0.5) is 0 Å². The second kappa shape index (κ2) is 16.0. The normalized spacial score (nSPS) is 12.5. The van der Waals surface area contributed by atoms with Crippen LogP contribution in [0.2, 0.25) is 0 Å². The van der Waals surface area contributed by atoms with E-state index in [0.29, 0.717) is 13.1 Å². The number of aromatic hydroxyl groups is 2. The number of phenols is 2. The van der Waals surface area contributed by atoms with Crippen LogP contribution in [0.3, 0.4) is 0 Å². The van der Waals surface area contributed by atoms with E-state index in [1.807, 2.05) is 13.8 Å². The Balaban J connectivity index is 0.000000490. The van der Waals surface area contributed by atoms with Gasteiger partial charge in [0.05, 0.1) is 17.6 Å². The highest BCUT2D eigenvalue weighted by molar-refractivity contribution is 5.72. The second-order valence-corrected chi connectivity index (χ2v) is 8.39. The highest BCUT2D eigenvalue weighted by atomic mass is 16.4. The molecule has 0 aromatic heterocycles. The van der Waals surface area contributed by atoms with Crippen LogP contribution in [0.25, 0.3) is 0 Å². The lowest BCUT2D eigenvalue weighted by Crippen LogP contribution is -2.20. The molecule has 2 rings (SSSR count). The zero-order chi connectivity index (χ0) is 25.4. The Kier molecular flexibility index (Phi) is 14.8. The minimum Gasteiger partial charge on any atom is -0.508 e. The van der Waals surface area contributed by atoms with Crippen molar-refractivity contribution in [3.8, 4) is 11.5 Å². The van der Waals surface area contributed by atoms with Gasteiger partial charge in [0.1, 0.15) is 11.5 Å². The maximum absolute atomic E-state index is 10.0. The first-order valence-corrected chi connectivity index (χ1v) is 11.0. The van der Waals surface area contributed by atoms with Crippen molar-refractivity contribution in [2.24, 2.45) is 5.41 Å². The SMILES string of the molecule is CC(C)(C)C(=O)O.CCNCC(O)c1cccc(O)c1.CCNCC(O)c1cccc(O)c1.